The van der Waals surface area contributed by atoms with Crippen molar-refractivity contribution < 1.29 is 4.52 Å². The van der Waals surface area contributed by atoms with E-state index in [0.717, 1.165) is 18.5 Å². The Morgan fingerprint density at radius 3 is 2.58 bits per heavy atom. The third-order valence-electron chi connectivity index (χ3n) is 2.92. The average Bonchev–Trinajstić information content (AvgIpc) is 2.87. The van der Waals surface area contributed by atoms with Crippen molar-refractivity contribution in [1.29, 1.82) is 0 Å². The molecule has 0 aliphatic rings. The molecule has 102 valence electrons. The fraction of sp³-hybridized carbons (Fsp3) is 0.467. The van der Waals surface area contributed by atoms with Gasteiger partial charge in [-0.2, -0.15) is 4.98 Å². The summed E-state index contributed by atoms with van der Waals surface area (Å²) in [6.45, 7) is 8.05. The lowest BCUT2D eigenvalue weighted by Crippen LogP contribution is -2.19. The molecule has 0 radical (unpaired) electrons. The molecule has 0 saturated carbocycles. The quantitative estimate of drug-likeness (QED) is 0.866. The molecule has 0 spiro atoms. The SMILES string of the molecule is CCc1ccc(-c2noc(CNCC(C)C)n2)cc1. The van der Waals surface area contributed by atoms with Crippen LogP contribution in [-0.2, 0) is 13.0 Å². The molecule has 2 rings (SSSR count). The maximum absolute atomic E-state index is 5.23. The van der Waals surface area contributed by atoms with Gasteiger partial charge in [0.1, 0.15) is 0 Å². The molecule has 4 heteroatoms. The predicted octanol–water partition coefficient (Wildman–Crippen LogP) is 3.04. The molecular formula is C15H21N3O. The second-order valence-electron chi connectivity index (χ2n) is 5.09. The van der Waals surface area contributed by atoms with Crippen molar-refractivity contribution in [3.8, 4) is 11.4 Å². The van der Waals surface area contributed by atoms with Crippen LogP contribution in [0, 0.1) is 5.92 Å². The molecular weight excluding hydrogens is 238 g/mol. The Kier molecular flexibility index (Phi) is 4.68. The molecule has 1 heterocycles. The number of hydrogen-bond acceptors (Lipinski definition) is 4. The van der Waals surface area contributed by atoms with Crippen molar-refractivity contribution in [3.63, 3.8) is 0 Å². The van der Waals surface area contributed by atoms with Crippen LogP contribution in [0.1, 0.15) is 32.2 Å². The standard InChI is InChI=1S/C15H21N3O/c1-4-12-5-7-13(8-6-12)15-17-14(19-18-15)10-16-9-11(2)3/h5-8,11,16H,4,9-10H2,1-3H3. The molecule has 1 N–H and O–H groups in total. The zero-order valence-electron chi connectivity index (χ0n) is 11.8. The summed E-state index contributed by atoms with van der Waals surface area (Å²) in [6, 6.07) is 8.27. The van der Waals surface area contributed by atoms with Crippen LogP contribution >= 0.6 is 0 Å². The number of rotatable bonds is 6. The predicted molar refractivity (Wildman–Crippen MR) is 75.7 cm³/mol. The summed E-state index contributed by atoms with van der Waals surface area (Å²) in [5.74, 6) is 1.91. The highest BCUT2D eigenvalue weighted by atomic mass is 16.5. The number of aryl methyl sites for hydroxylation is 1. The van der Waals surface area contributed by atoms with E-state index >= 15 is 0 Å². The van der Waals surface area contributed by atoms with E-state index in [-0.39, 0.29) is 0 Å². The second kappa shape index (κ2) is 6.48. The lowest BCUT2D eigenvalue weighted by Gasteiger charge is -2.03. The first kappa shape index (κ1) is 13.7. The van der Waals surface area contributed by atoms with Gasteiger partial charge in [0.05, 0.1) is 6.54 Å². The molecule has 0 bridgehead atoms. The van der Waals surface area contributed by atoms with Gasteiger partial charge in [0.15, 0.2) is 0 Å². The van der Waals surface area contributed by atoms with Gasteiger partial charge in [-0.15, -0.1) is 0 Å². The summed E-state index contributed by atoms with van der Waals surface area (Å²) in [4.78, 5) is 4.39. The minimum absolute atomic E-state index is 0.615. The van der Waals surface area contributed by atoms with E-state index in [1.807, 2.05) is 12.1 Å². The van der Waals surface area contributed by atoms with Gasteiger partial charge in [-0.1, -0.05) is 50.2 Å². The van der Waals surface area contributed by atoms with E-state index in [4.69, 9.17) is 4.52 Å². The van der Waals surface area contributed by atoms with Crippen LogP contribution in [0.4, 0.5) is 0 Å². The third kappa shape index (κ3) is 3.89. The molecule has 0 atom stereocenters. The van der Waals surface area contributed by atoms with Gasteiger partial charge >= 0.3 is 0 Å². The van der Waals surface area contributed by atoms with Crippen molar-refractivity contribution in [2.75, 3.05) is 6.54 Å². The Hall–Kier alpha value is -1.68. The minimum atomic E-state index is 0.615. The van der Waals surface area contributed by atoms with Crippen LogP contribution in [0.2, 0.25) is 0 Å². The first-order chi connectivity index (χ1) is 9.19. The highest BCUT2D eigenvalue weighted by Crippen LogP contribution is 2.16. The van der Waals surface area contributed by atoms with Crippen molar-refractivity contribution in [2.45, 2.75) is 33.7 Å². The molecule has 0 aliphatic carbocycles. The smallest absolute Gasteiger partial charge is 0.240 e. The molecule has 1 aromatic heterocycles. The molecule has 19 heavy (non-hydrogen) atoms. The van der Waals surface area contributed by atoms with Gasteiger partial charge in [0, 0.05) is 5.56 Å². The number of nitrogens with one attached hydrogen (secondary N) is 1. The molecule has 2 aromatic rings. The molecule has 1 aromatic carbocycles. The fourth-order valence-corrected chi connectivity index (χ4v) is 1.80. The van der Waals surface area contributed by atoms with Gasteiger partial charge in [-0.25, -0.2) is 0 Å². The monoisotopic (exact) mass is 259 g/mol. The average molecular weight is 259 g/mol. The van der Waals surface area contributed by atoms with Crippen LogP contribution in [0.3, 0.4) is 0 Å². The summed E-state index contributed by atoms with van der Waals surface area (Å²) in [7, 11) is 0. The fourth-order valence-electron chi connectivity index (χ4n) is 1.80. The van der Waals surface area contributed by atoms with Crippen LogP contribution < -0.4 is 5.32 Å². The first-order valence-corrected chi connectivity index (χ1v) is 6.81. The van der Waals surface area contributed by atoms with E-state index in [2.05, 4.69) is 48.4 Å². The highest BCUT2D eigenvalue weighted by molar-refractivity contribution is 5.54. The van der Waals surface area contributed by atoms with Gasteiger partial charge in [-0.3, -0.25) is 0 Å². The molecule has 0 saturated heterocycles. The largest absolute Gasteiger partial charge is 0.338 e. The topological polar surface area (TPSA) is 51.0 Å². The summed E-state index contributed by atoms with van der Waals surface area (Å²) in [5.41, 5.74) is 2.31. The van der Waals surface area contributed by atoms with Crippen LogP contribution in [0.5, 0.6) is 0 Å². The van der Waals surface area contributed by atoms with E-state index in [9.17, 15) is 0 Å². The number of benzene rings is 1. The van der Waals surface area contributed by atoms with Crippen LogP contribution in [0.15, 0.2) is 28.8 Å². The van der Waals surface area contributed by atoms with Crippen molar-refractivity contribution in [3.05, 3.63) is 35.7 Å². The van der Waals surface area contributed by atoms with Gasteiger partial charge in [-0.05, 0) is 24.4 Å². The van der Waals surface area contributed by atoms with Crippen molar-refractivity contribution >= 4 is 0 Å². The van der Waals surface area contributed by atoms with E-state index < -0.39 is 0 Å². The Morgan fingerprint density at radius 2 is 1.95 bits per heavy atom. The molecule has 0 fully saturated rings. The Labute approximate surface area is 114 Å². The van der Waals surface area contributed by atoms with Crippen LogP contribution in [-0.4, -0.2) is 16.7 Å². The Balaban J connectivity index is 1.99. The Morgan fingerprint density at radius 1 is 1.21 bits per heavy atom. The van der Waals surface area contributed by atoms with Crippen molar-refractivity contribution in [1.82, 2.24) is 15.5 Å². The van der Waals surface area contributed by atoms with Gasteiger partial charge in [0.25, 0.3) is 0 Å². The van der Waals surface area contributed by atoms with E-state index in [0.29, 0.717) is 24.2 Å². The normalized spacial score (nSPS) is 11.2. The maximum atomic E-state index is 5.23. The van der Waals surface area contributed by atoms with Crippen molar-refractivity contribution in [2.24, 2.45) is 5.92 Å². The maximum Gasteiger partial charge on any atom is 0.240 e. The molecule has 0 aliphatic heterocycles. The summed E-state index contributed by atoms with van der Waals surface area (Å²) < 4.78 is 5.23. The zero-order valence-corrected chi connectivity index (χ0v) is 11.8. The van der Waals surface area contributed by atoms with E-state index in [1.54, 1.807) is 0 Å². The van der Waals surface area contributed by atoms with E-state index in [1.165, 1.54) is 5.56 Å². The van der Waals surface area contributed by atoms with Crippen LogP contribution in [0.25, 0.3) is 11.4 Å². The zero-order chi connectivity index (χ0) is 13.7. The number of aromatic nitrogens is 2. The van der Waals surface area contributed by atoms with Gasteiger partial charge in [0.2, 0.25) is 11.7 Å². The molecule has 0 unspecified atom stereocenters. The lowest BCUT2D eigenvalue weighted by molar-refractivity contribution is 0.364. The minimum Gasteiger partial charge on any atom is -0.338 e. The number of nitrogens with zero attached hydrogens (tertiary/aromatic N) is 2. The molecule has 4 nitrogen and oxygen atoms in total. The number of hydrogen-bond donors (Lipinski definition) is 1. The third-order valence-corrected chi connectivity index (χ3v) is 2.92. The highest BCUT2D eigenvalue weighted by Gasteiger charge is 2.08. The van der Waals surface area contributed by atoms with Gasteiger partial charge < -0.3 is 9.84 Å². The Bertz CT molecular complexity index is 502. The summed E-state index contributed by atoms with van der Waals surface area (Å²) in [5, 5.41) is 7.30. The summed E-state index contributed by atoms with van der Waals surface area (Å²) in [6.07, 6.45) is 1.04. The summed E-state index contributed by atoms with van der Waals surface area (Å²) >= 11 is 0. The lowest BCUT2D eigenvalue weighted by atomic mass is 10.1. The first-order valence-electron chi connectivity index (χ1n) is 6.81. The second-order valence-corrected chi connectivity index (χ2v) is 5.09. The molecule has 0 amide bonds.